The molecule has 0 unspecified atom stereocenters. The Morgan fingerprint density at radius 2 is 2.21 bits per heavy atom. The summed E-state index contributed by atoms with van der Waals surface area (Å²) >= 11 is 0. The van der Waals surface area contributed by atoms with Crippen LogP contribution in [0.1, 0.15) is 38.7 Å². The van der Waals surface area contributed by atoms with Crippen LogP contribution >= 0.6 is 0 Å². The lowest BCUT2D eigenvalue weighted by Crippen LogP contribution is -2.37. The molecule has 0 saturated heterocycles. The van der Waals surface area contributed by atoms with Crippen molar-refractivity contribution < 1.29 is 14.4 Å². The van der Waals surface area contributed by atoms with Crippen molar-refractivity contribution in [1.82, 2.24) is 0 Å². The van der Waals surface area contributed by atoms with Crippen LogP contribution in [0.2, 0.25) is 0 Å². The zero-order valence-corrected chi connectivity index (χ0v) is 14.7. The largest absolute Gasteiger partial charge is 0.497 e. The van der Waals surface area contributed by atoms with Crippen molar-refractivity contribution in [3.8, 4) is 5.75 Å². The molecule has 0 aromatic heterocycles. The van der Waals surface area contributed by atoms with Crippen LogP contribution in [0.15, 0.2) is 23.4 Å². The second-order valence-corrected chi connectivity index (χ2v) is 6.43. The molecule has 0 aliphatic carbocycles. The highest BCUT2D eigenvalue weighted by Gasteiger charge is 2.23. The van der Waals surface area contributed by atoms with Gasteiger partial charge in [0.15, 0.2) is 6.61 Å². The second-order valence-electron chi connectivity index (χ2n) is 6.43. The number of methoxy groups -OCH3 is 1. The van der Waals surface area contributed by atoms with Gasteiger partial charge in [-0.05, 0) is 48.9 Å². The molecule has 2 rings (SSSR count). The molecular formula is C18H27N3O3. The summed E-state index contributed by atoms with van der Waals surface area (Å²) in [5.74, 6) is 1.69. The maximum absolute atomic E-state index is 12.4. The van der Waals surface area contributed by atoms with E-state index in [1.54, 1.807) is 12.0 Å². The van der Waals surface area contributed by atoms with Crippen LogP contribution in [0, 0.1) is 5.92 Å². The van der Waals surface area contributed by atoms with Crippen molar-refractivity contribution in [2.45, 2.75) is 39.5 Å². The topological polar surface area (TPSA) is 77.1 Å². The number of oxime groups is 1. The van der Waals surface area contributed by atoms with Crippen molar-refractivity contribution in [2.24, 2.45) is 16.8 Å². The lowest BCUT2D eigenvalue weighted by Gasteiger charge is -2.29. The van der Waals surface area contributed by atoms with Gasteiger partial charge in [-0.3, -0.25) is 4.79 Å². The van der Waals surface area contributed by atoms with Gasteiger partial charge in [-0.15, -0.1) is 0 Å². The number of hydrogen-bond acceptors (Lipinski definition) is 4. The summed E-state index contributed by atoms with van der Waals surface area (Å²) in [5.41, 5.74) is 7.82. The highest BCUT2D eigenvalue weighted by Crippen LogP contribution is 2.30. The van der Waals surface area contributed by atoms with Crippen molar-refractivity contribution in [3.05, 3.63) is 23.8 Å². The lowest BCUT2D eigenvalue weighted by atomic mass is 10.0. The molecule has 1 heterocycles. The Balaban J connectivity index is 1.93. The van der Waals surface area contributed by atoms with Gasteiger partial charge in [-0.2, -0.15) is 0 Å². The molecule has 1 aromatic rings. The Bertz CT molecular complexity index is 599. The predicted octanol–water partition coefficient (Wildman–Crippen LogP) is 2.70. The Morgan fingerprint density at radius 3 is 2.92 bits per heavy atom. The molecule has 24 heavy (non-hydrogen) atoms. The first-order chi connectivity index (χ1) is 11.5. The van der Waals surface area contributed by atoms with Gasteiger partial charge in [0.05, 0.1) is 7.11 Å². The van der Waals surface area contributed by atoms with Crippen molar-refractivity contribution in [2.75, 3.05) is 25.2 Å². The van der Waals surface area contributed by atoms with Crippen LogP contribution in [0.4, 0.5) is 5.69 Å². The number of amidine groups is 1. The normalized spacial score (nSPS) is 14.5. The van der Waals surface area contributed by atoms with Gasteiger partial charge >= 0.3 is 0 Å². The fourth-order valence-electron chi connectivity index (χ4n) is 2.69. The van der Waals surface area contributed by atoms with Gasteiger partial charge in [-0.25, -0.2) is 0 Å². The molecule has 1 amide bonds. The average molecular weight is 333 g/mol. The number of nitrogens with two attached hydrogens (primary N) is 1. The van der Waals surface area contributed by atoms with E-state index in [0.717, 1.165) is 36.3 Å². The monoisotopic (exact) mass is 333 g/mol. The predicted molar refractivity (Wildman–Crippen MR) is 95.3 cm³/mol. The van der Waals surface area contributed by atoms with Gasteiger partial charge in [0.25, 0.3) is 5.91 Å². The molecular weight excluding hydrogens is 306 g/mol. The van der Waals surface area contributed by atoms with E-state index in [0.29, 0.717) is 24.7 Å². The Kier molecular flexibility index (Phi) is 6.46. The number of fused-ring (bicyclic) bond motifs is 1. The number of benzene rings is 1. The van der Waals surface area contributed by atoms with Crippen LogP contribution in [0.3, 0.4) is 0 Å². The van der Waals surface area contributed by atoms with Gasteiger partial charge < -0.3 is 20.2 Å². The molecule has 1 aliphatic heterocycles. The maximum atomic E-state index is 12.4. The quantitative estimate of drug-likeness (QED) is 0.473. The minimum atomic E-state index is -0.110. The fraction of sp³-hybridized carbons (Fsp3) is 0.556. The van der Waals surface area contributed by atoms with E-state index in [2.05, 4.69) is 19.0 Å². The maximum Gasteiger partial charge on any atom is 0.267 e. The minimum absolute atomic E-state index is 0.103. The molecule has 1 aromatic carbocycles. The second kappa shape index (κ2) is 8.57. The molecule has 0 bridgehead atoms. The number of anilines is 1. The van der Waals surface area contributed by atoms with E-state index >= 15 is 0 Å². The molecule has 0 fully saturated rings. The number of carbonyl (C=O) groups excluding carboxylic acids is 1. The van der Waals surface area contributed by atoms with Gasteiger partial charge in [0.2, 0.25) is 0 Å². The van der Waals surface area contributed by atoms with Crippen LogP contribution in [0.25, 0.3) is 0 Å². The lowest BCUT2D eigenvalue weighted by molar-refractivity contribution is -0.123. The van der Waals surface area contributed by atoms with Gasteiger partial charge in [0, 0.05) is 18.7 Å². The first kappa shape index (κ1) is 18.1. The number of aryl methyl sites for hydroxylation is 1. The summed E-state index contributed by atoms with van der Waals surface area (Å²) in [6.07, 6.45) is 3.50. The minimum Gasteiger partial charge on any atom is -0.497 e. The van der Waals surface area contributed by atoms with Crippen LogP contribution < -0.4 is 15.4 Å². The smallest absolute Gasteiger partial charge is 0.267 e. The number of rotatable bonds is 7. The summed E-state index contributed by atoms with van der Waals surface area (Å²) in [4.78, 5) is 19.3. The van der Waals surface area contributed by atoms with Gasteiger partial charge in [0.1, 0.15) is 11.6 Å². The van der Waals surface area contributed by atoms with E-state index in [1.807, 2.05) is 18.2 Å². The number of amides is 1. The molecule has 6 heteroatoms. The average Bonchev–Trinajstić information content (AvgIpc) is 2.58. The third-order valence-electron chi connectivity index (χ3n) is 4.05. The first-order valence-electron chi connectivity index (χ1n) is 8.43. The summed E-state index contributed by atoms with van der Waals surface area (Å²) in [5, 5.41) is 3.84. The van der Waals surface area contributed by atoms with Crippen molar-refractivity contribution >= 4 is 17.4 Å². The third-order valence-corrected chi connectivity index (χ3v) is 4.05. The molecule has 2 N–H and O–H groups in total. The van der Waals surface area contributed by atoms with Gasteiger partial charge in [-0.1, -0.05) is 19.0 Å². The Hall–Kier alpha value is -2.24. The highest BCUT2D eigenvalue weighted by atomic mass is 16.6. The highest BCUT2D eigenvalue weighted by molar-refractivity contribution is 5.95. The van der Waals surface area contributed by atoms with Crippen LogP contribution in [-0.4, -0.2) is 32.0 Å². The summed E-state index contributed by atoms with van der Waals surface area (Å²) in [6, 6.07) is 5.77. The number of carbonyl (C=O) groups is 1. The molecule has 6 nitrogen and oxygen atoms in total. The third kappa shape index (κ3) is 4.88. The van der Waals surface area contributed by atoms with E-state index < -0.39 is 0 Å². The SMILES string of the molecule is COc1ccc2c(c1)CCCN2C(=O)CO/N=C(\N)CCC(C)C. The Morgan fingerprint density at radius 1 is 1.42 bits per heavy atom. The molecule has 1 aliphatic rings. The number of hydrogen-bond donors (Lipinski definition) is 1. The molecule has 0 saturated carbocycles. The summed E-state index contributed by atoms with van der Waals surface area (Å²) in [6.45, 7) is 4.84. The van der Waals surface area contributed by atoms with E-state index in [-0.39, 0.29) is 12.5 Å². The van der Waals surface area contributed by atoms with Crippen LogP contribution in [-0.2, 0) is 16.1 Å². The summed E-state index contributed by atoms with van der Waals surface area (Å²) in [7, 11) is 1.64. The summed E-state index contributed by atoms with van der Waals surface area (Å²) < 4.78 is 5.25. The van der Waals surface area contributed by atoms with E-state index in [1.165, 1.54) is 0 Å². The molecule has 0 radical (unpaired) electrons. The van der Waals surface area contributed by atoms with E-state index in [4.69, 9.17) is 15.3 Å². The molecule has 0 atom stereocenters. The zero-order chi connectivity index (χ0) is 17.5. The Labute approximate surface area is 143 Å². The molecule has 0 spiro atoms. The fourth-order valence-corrected chi connectivity index (χ4v) is 2.69. The van der Waals surface area contributed by atoms with Crippen molar-refractivity contribution in [3.63, 3.8) is 0 Å². The first-order valence-corrected chi connectivity index (χ1v) is 8.43. The standard InChI is InChI=1S/C18H27N3O3/c1-13(2)6-9-17(19)20-24-12-18(22)21-10-4-5-14-11-15(23-3)7-8-16(14)21/h7-8,11,13H,4-6,9-10,12H2,1-3H3,(H2,19,20). The number of nitrogens with zero attached hydrogens (tertiary/aromatic N) is 2. The molecule has 132 valence electrons. The zero-order valence-electron chi connectivity index (χ0n) is 14.7. The number of ether oxygens (including phenoxy) is 1. The van der Waals surface area contributed by atoms with Crippen molar-refractivity contribution in [1.29, 1.82) is 0 Å². The van der Waals surface area contributed by atoms with Crippen LogP contribution in [0.5, 0.6) is 5.75 Å². The van der Waals surface area contributed by atoms with E-state index in [9.17, 15) is 4.79 Å².